The highest BCUT2D eigenvalue weighted by molar-refractivity contribution is 5.79. The number of hydrogen-bond donors (Lipinski definition) is 1. The molecule has 2 aromatic rings. The Balaban J connectivity index is 2.38. The molecule has 1 heterocycles. The number of hydrogen-bond acceptors (Lipinski definition) is 2. The topological polar surface area (TPSA) is 24.9 Å². The van der Waals surface area contributed by atoms with Crippen LogP contribution >= 0.6 is 0 Å². The first-order valence-electron chi connectivity index (χ1n) is 5.39. The summed E-state index contributed by atoms with van der Waals surface area (Å²) in [5.74, 6) is 0. The highest BCUT2D eigenvalue weighted by atomic mass is 14.9. The lowest BCUT2D eigenvalue weighted by atomic mass is 10.1. The van der Waals surface area contributed by atoms with Crippen LogP contribution in [0.15, 0.2) is 36.5 Å². The summed E-state index contributed by atoms with van der Waals surface area (Å²) in [6, 6.07) is 10.9. The Kier molecular flexibility index (Phi) is 2.97. The summed E-state index contributed by atoms with van der Waals surface area (Å²) in [5.41, 5.74) is 2.38. The molecule has 2 heteroatoms. The fourth-order valence-corrected chi connectivity index (χ4v) is 1.79. The molecule has 0 saturated carbocycles. The van der Waals surface area contributed by atoms with Gasteiger partial charge >= 0.3 is 0 Å². The van der Waals surface area contributed by atoms with Gasteiger partial charge in [0.1, 0.15) is 0 Å². The largest absolute Gasteiger partial charge is 0.310 e. The molecule has 0 aliphatic heterocycles. The summed E-state index contributed by atoms with van der Waals surface area (Å²) in [6.07, 6.45) is 1.83. The average Bonchev–Trinajstić information content (AvgIpc) is 2.29. The van der Waals surface area contributed by atoms with E-state index in [-0.39, 0.29) is 0 Å². The van der Waals surface area contributed by atoms with Crippen LogP contribution in [0.2, 0.25) is 0 Å². The van der Waals surface area contributed by atoms with E-state index in [1.807, 2.05) is 12.3 Å². The van der Waals surface area contributed by atoms with Crippen molar-refractivity contribution in [3.8, 4) is 0 Å². The molecule has 0 bridgehead atoms. The molecule has 0 saturated heterocycles. The van der Waals surface area contributed by atoms with Crippen molar-refractivity contribution in [3.05, 3.63) is 42.1 Å². The third-order valence-corrected chi connectivity index (χ3v) is 2.64. The van der Waals surface area contributed by atoms with Gasteiger partial charge in [0.25, 0.3) is 0 Å². The molecular weight excluding hydrogens is 184 g/mol. The first-order chi connectivity index (χ1) is 7.31. The van der Waals surface area contributed by atoms with Crippen molar-refractivity contribution in [2.24, 2.45) is 0 Å². The van der Waals surface area contributed by atoms with Crippen LogP contribution < -0.4 is 5.32 Å². The molecule has 1 unspecified atom stereocenters. The maximum atomic E-state index is 4.31. The zero-order valence-corrected chi connectivity index (χ0v) is 9.20. The van der Waals surface area contributed by atoms with E-state index in [0.717, 1.165) is 12.1 Å². The second-order valence-corrected chi connectivity index (χ2v) is 3.73. The number of aromatic nitrogens is 1. The number of nitrogens with one attached hydrogen (secondary N) is 1. The van der Waals surface area contributed by atoms with Gasteiger partial charge in [-0.05, 0) is 37.2 Å². The Morgan fingerprint density at radius 1 is 1.33 bits per heavy atom. The summed E-state index contributed by atoms with van der Waals surface area (Å²) in [5, 5.41) is 4.61. The molecule has 2 rings (SSSR count). The fourth-order valence-electron chi connectivity index (χ4n) is 1.79. The van der Waals surface area contributed by atoms with E-state index in [9.17, 15) is 0 Å². The highest BCUT2D eigenvalue weighted by Gasteiger charge is 2.03. The molecule has 2 nitrogen and oxygen atoms in total. The normalized spacial score (nSPS) is 12.9. The molecule has 0 radical (unpaired) electrons. The molecule has 1 N–H and O–H groups in total. The third kappa shape index (κ3) is 2.16. The predicted molar refractivity (Wildman–Crippen MR) is 63.8 cm³/mol. The van der Waals surface area contributed by atoms with Gasteiger partial charge in [0.05, 0.1) is 5.52 Å². The smallest absolute Gasteiger partial charge is 0.0702 e. The van der Waals surface area contributed by atoms with Crippen molar-refractivity contribution in [1.29, 1.82) is 0 Å². The van der Waals surface area contributed by atoms with Crippen LogP contribution in [-0.4, -0.2) is 11.5 Å². The molecule has 0 amide bonds. The lowest BCUT2D eigenvalue weighted by Crippen LogP contribution is -2.17. The van der Waals surface area contributed by atoms with E-state index in [4.69, 9.17) is 0 Å². The average molecular weight is 200 g/mol. The zero-order valence-electron chi connectivity index (χ0n) is 9.20. The van der Waals surface area contributed by atoms with Gasteiger partial charge in [-0.1, -0.05) is 19.1 Å². The molecule has 78 valence electrons. The summed E-state index contributed by atoms with van der Waals surface area (Å²) < 4.78 is 0. The summed E-state index contributed by atoms with van der Waals surface area (Å²) in [6.45, 7) is 5.30. The maximum Gasteiger partial charge on any atom is 0.0702 e. The number of benzene rings is 1. The maximum absolute atomic E-state index is 4.31. The number of pyridine rings is 1. The second kappa shape index (κ2) is 4.41. The predicted octanol–water partition coefficient (Wildman–Crippen LogP) is 2.91. The van der Waals surface area contributed by atoms with Crippen LogP contribution in [0.1, 0.15) is 25.5 Å². The standard InChI is InChI=1S/C13H16N2/c1-3-14-10(2)11-6-7-13-12(9-11)5-4-8-15-13/h4-10,14H,3H2,1-2H3. The Morgan fingerprint density at radius 2 is 2.20 bits per heavy atom. The van der Waals surface area contributed by atoms with Crippen molar-refractivity contribution in [2.75, 3.05) is 6.54 Å². The Morgan fingerprint density at radius 3 is 3.00 bits per heavy atom. The molecule has 1 atom stereocenters. The zero-order chi connectivity index (χ0) is 10.7. The lowest BCUT2D eigenvalue weighted by Gasteiger charge is -2.12. The van der Waals surface area contributed by atoms with E-state index in [1.165, 1.54) is 10.9 Å². The molecule has 0 aliphatic rings. The van der Waals surface area contributed by atoms with Crippen molar-refractivity contribution in [3.63, 3.8) is 0 Å². The number of nitrogens with zero attached hydrogens (tertiary/aromatic N) is 1. The Labute approximate surface area is 90.3 Å². The van der Waals surface area contributed by atoms with Crippen LogP contribution in [0.5, 0.6) is 0 Å². The molecule has 0 fully saturated rings. The lowest BCUT2D eigenvalue weighted by molar-refractivity contribution is 0.599. The van der Waals surface area contributed by atoms with Crippen molar-refractivity contribution in [1.82, 2.24) is 10.3 Å². The second-order valence-electron chi connectivity index (χ2n) is 3.73. The van der Waals surface area contributed by atoms with Crippen LogP contribution in [-0.2, 0) is 0 Å². The van der Waals surface area contributed by atoms with Crippen LogP contribution in [0, 0.1) is 0 Å². The quantitative estimate of drug-likeness (QED) is 0.824. The summed E-state index contributed by atoms with van der Waals surface area (Å²) >= 11 is 0. The first-order valence-corrected chi connectivity index (χ1v) is 5.39. The SMILES string of the molecule is CCNC(C)c1ccc2ncccc2c1. The number of rotatable bonds is 3. The molecule has 15 heavy (non-hydrogen) atoms. The van der Waals surface area contributed by atoms with Crippen LogP contribution in [0.25, 0.3) is 10.9 Å². The molecule has 0 spiro atoms. The minimum Gasteiger partial charge on any atom is -0.310 e. The van der Waals surface area contributed by atoms with Gasteiger partial charge in [-0.2, -0.15) is 0 Å². The third-order valence-electron chi connectivity index (χ3n) is 2.64. The molecule has 1 aromatic heterocycles. The van der Waals surface area contributed by atoms with Gasteiger partial charge in [-0.25, -0.2) is 0 Å². The van der Waals surface area contributed by atoms with Crippen molar-refractivity contribution in [2.45, 2.75) is 19.9 Å². The number of fused-ring (bicyclic) bond motifs is 1. The van der Waals surface area contributed by atoms with Gasteiger partial charge in [0, 0.05) is 17.6 Å². The van der Waals surface area contributed by atoms with E-state index >= 15 is 0 Å². The van der Waals surface area contributed by atoms with Crippen LogP contribution in [0.3, 0.4) is 0 Å². The van der Waals surface area contributed by atoms with E-state index in [0.29, 0.717) is 6.04 Å². The van der Waals surface area contributed by atoms with Gasteiger partial charge in [-0.3, -0.25) is 4.98 Å². The van der Waals surface area contributed by atoms with Gasteiger partial charge in [0.2, 0.25) is 0 Å². The minimum absolute atomic E-state index is 0.402. The molecule has 0 aliphatic carbocycles. The van der Waals surface area contributed by atoms with Crippen molar-refractivity contribution < 1.29 is 0 Å². The fraction of sp³-hybridized carbons (Fsp3) is 0.308. The molecular formula is C13H16N2. The van der Waals surface area contributed by atoms with E-state index < -0.39 is 0 Å². The minimum atomic E-state index is 0.402. The Hall–Kier alpha value is -1.41. The monoisotopic (exact) mass is 200 g/mol. The first kappa shape index (κ1) is 10.1. The van der Waals surface area contributed by atoms with E-state index in [1.54, 1.807) is 0 Å². The molecule has 1 aromatic carbocycles. The highest BCUT2D eigenvalue weighted by Crippen LogP contribution is 2.18. The van der Waals surface area contributed by atoms with E-state index in [2.05, 4.69) is 48.4 Å². The Bertz CT molecular complexity index is 451. The van der Waals surface area contributed by atoms with Gasteiger partial charge in [-0.15, -0.1) is 0 Å². The summed E-state index contributed by atoms with van der Waals surface area (Å²) in [7, 11) is 0. The van der Waals surface area contributed by atoms with Gasteiger partial charge < -0.3 is 5.32 Å². The van der Waals surface area contributed by atoms with Crippen LogP contribution in [0.4, 0.5) is 0 Å². The van der Waals surface area contributed by atoms with Crippen molar-refractivity contribution >= 4 is 10.9 Å². The van der Waals surface area contributed by atoms with Gasteiger partial charge in [0.15, 0.2) is 0 Å². The summed E-state index contributed by atoms with van der Waals surface area (Å²) in [4.78, 5) is 4.31.